The Kier molecular flexibility index (Phi) is 3.06. The Labute approximate surface area is 116 Å². The summed E-state index contributed by atoms with van der Waals surface area (Å²) in [6.45, 7) is 1.81. The lowest BCUT2D eigenvalue weighted by atomic mass is 10.1. The van der Waals surface area contributed by atoms with Gasteiger partial charge >= 0.3 is 5.97 Å². The minimum Gasteiger partial charge on any atom is -0.489 e. The lowest BCUT2D eigenvalue weighted by molar-refractivity contribution is 0.0692. The molecule has 1 aromatic carbocycles. The van der Waals surface area contributed by atoms with Crippen LogP contribution < -0.4 is 9.64 Å². The van der Waals surface area contributed by atoms with Crippen LogP contribution in [0.4, 0.5) is 5.69 Å². The number of hydrogen-bond donors (Lipinski definition) is 1. The molecule has 1 aromatic heterocycles. The Bertz CT molecular complexity index is 651. The van der Waals surface area contributed by atoms with Crippen LogP contribution in [0.15, 0.2) is 30.6 Å². The standard InChI is InChI=1S/C14H15N3O3/c1-16-6-5-15-12(16)9-17-7-8-20-13-10(14(18)19)3-2-4-11(13)17/h2-6H,7-9H2,1H3,(H,18,19). The first-order valence-electron chi connectivity index (χ1n) is 6.37. The molecule has 20 heavy (non-hydrogen) atoms. The van der Waals surface area contributed by atoms with Crippen molar-refractivity contribution in [3.8, 4) is 5.75 Å². The second-order valence-electron chi connectivity index (χ2n) is 4.68. The van der Waals surface area contributed by atoms with Crippen molar-refractivity contribution in [1.82, 2.24) is 9.55 Å². The number of imidazole rings is 1. The van der Waals surface area contributed by atoms with E-state index in [1.165, 1.54) is 0 Å². The predicted molar refractivity (Wildman–Crippen MR) is 73.2 cm³/mol. The molecule has 6 heteroatoms. The van der Waals surface area contributed by atoms with Gasteiger partial charge in [0, 0.05) is 19.4 Å². The van der Waals surface area contributed by atoms with Gasteiger partial charge in [0.1, 0.15) is 18.0 Å². The van der Waals surface area contributed by atoms with Crippen LogP contribution in [0.25, 0.3) is 0 Å². The monoisotopic (exact) mass is 273 g/mol. The number of carbonyl (C=O) groups is 1. The summed E-state index contributed by atoms with van der Waals surface area (Å²) < 4.78 is 7.50. The summed E-state index contributed by atoms with van der Waals surface area (Å²) in [4.78, 5) is 17.6. The zero-order valence-electron chi connectivity index (χ0n) is 11.1. The van der Waals surface area contributed by atoms with Gasteiger partial charge in [-0.05, 0) is 12.1 Å². The lowest BCUT2D eigenvalue weighted by Gasteiger charge is -2.31. The molecule has 0 fully saturated rings. The Hall–Kier alpha value is -2.50. The Morgan fingerprint density at radius 1 is 1.50 bits per heavy atom. The van der Waals surface area contributed by atoms with Crippen LogP contribution in [0.3, 0.4) is 0 Å². The van der Waals surface area contributed by atoms with Gasteiger partial charge in [0.25, 0.3) is 0 Å². The first kappa shape index (κ1) is 12.5. The molecule has 0 atom stereocenters. The molecule has 104 valence electrons. The summed E-state index contributed by atoms with van der Waals surface area (Å²) in [5, 5.41) is 9.21. The first-order valence-corrected chi connectivity index (χ1v) is 6.37. The van der Waals surface area contributed by atoms with Crippen molar-refractivity contribution >= 4 is 11.7 Å². The maximum Gasteiger partial charge on any atom is 0.339 e. The highest BCUT2D eigenvalue weighted by molar-refractivity contribution is 5.93. The molecule has 0 spiro atoms. The number of para-hydroxylation sites is 1. The Morgan fingerprint density at radius 2 is 2.35 bits per heavy atom. The van der Waals surface area contributed by atoms with Crippen LogP contribution in [0.1, 0.15) is 16.2 Å². The van der Waals surface area contributed by atoms with E-state index in [4.69, 9.17) is 4.74 Å². The normalized spacial score (nSPS) is 13.8. The van der Waals surface area contributed by atoms with Crippen molar-refractivity contribution in [3.63, 3.8) is 0 Å². The van der Waals surface area contributed by atoms with E-state index in [1.807, 2.05) is 23.9 Å². The Morgan fingerprint density at radius 3 is 3.05 bits per heavy atom. The molecule has 1 aliphatic heterocycles. The zero-order valence-corrected chi connectivity index (χ0v) is 11.1. The van der Waals surface area contributed by atoms with Gasteiger partial charge in [-0.2, -0.15) is 0 Å². The van der Waals surface area contributed by atoms with Crippen molar-refractivity contribution in [2.24, 2.45) is 7.05 Å². The van der Waals surface area contributed by atoms with Crippen molar-refractivity contribution in [2.45, 2.75) is 6.54 Å². The smallest absolute Gasteiger partial charge is 0.339 e. The van der Waals surface area contributed by atoms with Gasteiger partial charge in [-0.1, -0.05) is 6.07 Å². The molecule has 0 aliphatic carbocycles. The molecule has 0 saturated heterocycles. The molecule has 2 aromatic rings. The minimum absolute atomic E-state index is 0.201. The van der Waals surface area contributed by atoms with E-state index in [9.17, 15) is 9.90 Å². The van der Waals surface area contributed by atoms with Crippen molar-refractivity contribution in [1.29, 1.82) is 0 Å². The average Bonchev–Trinajstić information content (AvgIpc) is 2.84. The zero-order chi connectivity index (χ0) is 14.1. The number of aromatic nitrogens is 2. The number of aryl methyl sites for hydroxylation is 1. The quantitative estimate of drug-likeness (QED) is 0.918. The number of anilines is 1. The van der Waals surface area contributed by atoms with Crippen LogP contribution in [-0.4, -0.2) is 33.8 Å². The summed E-state index contributed by atoms with van der Waals surface area (Å²) >= 11 is 0. The van der Waals surface area contributed by atoms with Crippen molar-refractivity contribution in [2.75, 3.05) is 18.1 Å². The van der Waals surface area contributed by atoms with E-state index in [0.717, 1.165) is 11.5 Å². The molecule has 6 nitrogen and oxygen atoms in total. The van der Waals surface area contributed by atoms with Crippen molar-refractivity contribution < 1.29 is 14.6 Å². The lowest BCUT2D eigenvalue weighted by Crippen LogP contribution is -2.33. The van der Waals surface area contributed by atoms with Gasteiger partial charge in [0.15, 0.2) is 5.75 Å². The number of aromatic carboxylic acids is 1. The maximum absolute atomic E-state index is 11.2. The minimum atomic E-state index is -0.972. The third-order valence-electron chi connectivity index (χ3n) is 3.43. The molecule has 3 rings (SSSR count). The third-order valence-corrected chi connectivity index (χ3v) is 3.43. The van der Waals surface area contributed by atoms with E-state index in [-0.39, 0.29) is 5.56 Å². The van der Waals surface area contributed by atoms with Gasteiger partial charge in [0.2, 0.25) is 0 Å². The number of benzene rings is 1. The van der Waals surface area contributed by atoms with E-state index in [1.54, 1.807) is 18.3 Å². The van der Waals surface area contributed by atoms with E-state index in [2.05, 4.69) is 9.88 Å². The molecule has 0 unspecified atom stereocenters. The molecule has 0 radical (unpaired) electrons. The third kappa shape index (κ3) is 2.09. The largest absolute Gasteiger partial charge is 0.489 e. The topological polar surface area (TPSA) is 67.6 Å². The summed E-state index contributed by atoms with van der Waals surface area (Å²) in [7, 11) is 1.94. The predicted octanol–water partition coefficient (Wildman–Crippen LogP) is 1.52. The number of rotatable bonds is 3. The van der Waals surface area contributed by atoms with Gasteiger partial charge < -0.3 is 19.3 Å². The highest BCUT2D eigenvalue weighted by atomic mass is 16.5. The molecular weight excluding hydrogens is 258 g/mol. The fourth-order valence-corrected chi connectivity index (χ4v) is 2.36. The molecule has 1 N–H and O–H groups in total. The number of carboxylic acids is 1. The summed E-state index contributed by atoms with van der Waals surface area (Å²) in [5.41, 5.74) is 1.01. The first-order chi connectivity index (χ1) is 9.66. The highest BCUT2D eigenvalue weighted by Crippen LogP contribution is 2.35. The van der Waals surface area contributed by atoms with Crippen LogP contribution >= 0.6 is 0 Å². The summed E-state index contributed by atoms with van der Waals surface area (Å²) in [6, 6.07) is 5.18. The van der Waals surface area contributed by atoms with E-state index < -0.39 is 5.97 Å². The van der Waals surface area contributed by atoms with E-state index >= 15 is 0 Å². The SMILES string of the molecule is Cn1ccnc1CN1CCOc2c(C(=O)O)cccc21. The molecule has 0 bridgehead atoms. The van der Waals surface area contributed by atoms with Gasteiger partial charge in [-0.25, -0.2) is 9.78 Å². The number of hydrogen-bond acceptors (Lipinski definition) is 4. The number of carboxylic acid groups (broad SMARTS) is 1. The second-order valence-corrected chi connectivity index (χ2v) is 4.68. The number of fused-ring (bicyclic) bond motifs is 1. The van der Waals surface area contributed by atoms with Gasteiger partial charge in [-0.15, -0.1) is 0 Å². The number of ether oxygens (including phenoxy) is 1. The summed E-state index contributed by atoms with van der Waals surface area (Å²) in [6.07, 6.45) is 3.65. The number of nitrogens with zero attached hydrogens (tertiary/aromatic N) is 3. The van der Waals surface area contributed by atoms with Gasteiger partial charge in [-0.3, -0.25) is 0 Å². The molecule has 1 aliphatic rings. The fourth-order valence-electron chi connectivity index (χ4n) is 2.36. The highest BCUT2D eigenvalue weighted by Gasteiger charge is 2.24. The van der Waals surface area contributed by atoms with Crippen LogP contribution in [0, 0.1) is 0 Å². The summed E-state index contributed by atoms with van der Waals surface area (Å²) in [5.74, 6) is 0.403. The van der Waals surface area contributed by atoms with E-state index in [0.29, 0.717) is 25.4 Å². The molecule has 0 amide bonds. The van der Waals surface area contributed by atoms with Crippen LogP contribution in [-0.2, 0) is 13.6 Å². The molecule has 2 heterocycles. The fraction of sp³-hybridized carbons (Fsp3) is 0.286. The molecular formula is C14H15N3O3. The molecule has 0 saturated carbocycles. The maximum atomic E-state index is 11.2. The van der Waals surface area contributed by atoms with Crippen LogP contribution in [0.2, 0.25) is 0 Å². The van der Waals surface area contributed by atoms with Crippen molar-refractivity contribution in [3.05, 3.63) is 42.0 Å². The Balaban J connectivity index is 1.96. The van der Waals surface area contributed by atoms with Gasteiger partial charge in [0.05, 0.1) is 18.8 Å². The van der Waals surface area contributed by atoms with Crippen LogP contribution in [0.5, 0.6) is 5.75 Å². The second kappa shape index (κ2) is 4.88. The average molecular weight is 273 g/mol.